The van der Waals surface area contributed by atoms with E-state index in [4.69, 9.17) is 4.74 Å². The van der Waals surface area contributed by atoms with Gasteiger partial charge in [-0.05, 0) is 68.1 Å². The van der Waals surface area contributed by atoms with Gasteiger partial charge in [0.2, 0.25) is 5.88 Å². The summed E-state index contributed by atoms with van der Waals surface area (Å²) in [6.07, 6.45) is 5.58. The van der Waals surface area contributed by atoms with Crippen molar-refractivity contribution in [2.75, 3.05) is 18.1 Å². The summed E-state index contributed by atoms with van der Waals surface area (Å²) in [5.41, 5.74) is 1.37. The van der Waals surface area contributed by atoms with Gasteiger partial charge in [-0.3, -0.25) is 14.3 Å². The van der Waals surface area contributed by atoms with E-state index in [1.165, 1.54) is 6.07 Å². The first-order valence-electron chi connectivity index (χ1n) is 13.0. The van der Waals surface area contributed by atoms with Crippen molar-refractivity contribution in [1.29, 1.82) is 0 Å². The van der Waals surface area contributed by atoms with Crippen LogP contribution in [0.1, 0.15) is 84.8 Å². The van der Waals surface area contributed by atoms with Crippen LogP contribution in [0.2, 0.25) is 0 Å². The van der Waals surface area contributed by atoms with Crippen molar-refractivity contribution in [3.8, 4) is 5.88 Å². The molecule has 0 atom stereocenters. The summed E-state index contributed by atoms with van der Waals surface area (Å²) in [4.78, 5) is 30.0. The minimum Gasteiger partial charge on any atom is -0.474 e. The molecule has 2 amide bonds. The van der Waals surface area contributed by atoms with Crippen LogP contribution in [0.25, 0.3) is 0 Å². The molecule has 4 rings (SSSR count). The van der Waals surface area contributed by atoms with Crippen molar-refractivity contribution < 1.29 is 23.8 Å². The van der Waals surface area contributed by atoms with E-state index >= 15 is 0 Å². The molecular formula is C26H36FN5O4S. The standard InChI is InChI=1S/C26H36FN5O4S/c1-16(2)22-14-23(32(31-22)9-10-33)25(35)30-19-5-3-18(4-6-19)29-24(34)21-13-17(27)15-28-26(21)36-20-7-11-37-12-8-20/h13-16,18-20,33H,3-12H2,1-2H3,(H,29,34)(H,30,35). The van der Waals surface area contributed by atoms with Crippen molar-refractivity contribution in [1.82, 2.24) is 25.4 Å². The Kier molecular flexibility index (Phi) is 9.42. The minimum absolute atomic E-state index is 0.0184. The zero-order valence-corrected chi connectivity index (χ0v) is 22.2. The molecule has 2 fully saturated rings. The van der Waals surface area contributed by atoms with E-state index in [-0.39, 0.29) is 54.6 Å². The molecule has 0 spiro atoms. The first-order valence-corrected chi connectivity index (χ1v) is 14.2. The van der Waals surface area contributed by atoms with E-state index in [9.17, 15) is 19.1 Å². The molecule has 202 valence electrons. The highest BCUT2D eigenvalue weighted by atomic mass is 32.2. The smallest absolute Gasteiger partial charge is 0.269 e. The number of aromatic nitrogens is 3. The lowest BCUT2D eigenvalue weighted by molar-refractivity contribution is 0.0879. The fourth-order valence-corrected chi connectivity index (χ4v) is 5.77. The molecule has 3 heterocycles. The molecule has 3 N–H and O–H groups in total. The molecule has 9 nitrogen and oxygen atoms in total. The van der Waals surface area contributed by atoms with E-state index in [1.807, 2.05) is 25.6 Å². The maximum Gasteiger partial charge on any atom is 0.269 e. The monoisotopic (exact) mass is 533 g/mol. The molecule has 37 heavy (non-hydrogen) atoms. The summed E-state index contributed by atoms with van der Waals surface area (Å²) in [6.45, 7) is 4.17. The van der Waals surface area contributed by atoms with Crippen LogP contribution in [0, 0.1) is 5.82 Å². The zero-order valence-electron chi connectivity index (χ0n) is 21.4. The van der Waals surface area contributed by atoms with E-state index in [0.29, 0.717) is 31.4 Å². The molecule has 2 aliphatic rings. The largest absolute Gasteiger partial charge is 0.474 e. The highest BCUT2D eigenvalue weighted by Gasteiger charge is 2.27. The molecule has 1 saturated heterocycles. The average Bonchev–Trinajstić information content (AvgIpc) is 3.32. The van der Waals surface area contributed by atoms with Crippen molar-refractivity contribution in [2.24, 2.45) is 0 Å². The Bertz CT molecular complexity index is 1080. The zero-order chi connectivity index (χ0) is 26.4. The molecule has 0 bridgehead atoms. The summed E-state index contributed by atoms with van der Waals surface area (Å²) >= 11 is 1.87. The number of pyridine rings is 1. The number of nitrogens with one attached hydrogen (secondary N) is 2. The third-order valence-electron chi connectivity index (χ3n) is 6.84. The SMILES string of the molecule is CC(C)c1cc(C(=O)NC2CCC(NC(=O)c3cc(F)cnc3OC3CCSCC3)CC2)n(CCO)n1. The number of carbonyl (C=O) groups is 2. The molecule has 0 radical (unpaired) electrons. The van der Waals surface area contributed by atoms with Gasteiger partial charge < -0.3 is 20.5 Å². The van der Waals surface area contributed by atoms with Gasteiger partial charge in [-0.15, -0.1) is 0 Å². The van der Waals surface area contributed by atoms with E-state index < -0.39 is 11.7 Å². The van der Waals surface area contributed by atoms with E-state index in [1.54, 1.807) is 10.7 Å². The summed E-state index contributed by atoms with van der Waals surface area (Å²) in [5.74, 6) is 1.15. The highest BCUT2D eigenvalue weighted by Crippen LogP contribution is 2.26. The lowest BCUT2D eigenvalue weighted by Gasteiger charge is -2.30. The number of thioether (sulfide) groups is 1. The maximum absolute atomic E-state index is 13.9. The Balaban J connectivity index is 1.32. The van der Waals surface area contributed by atoms with Gasteiger partial charge in [0.25, 0.3) is 11.8 Å². The predicted octanol–water partition coefficient (Wildman–Crippen LogP) is 3.28. The van der Waals surface area contributed by atoms with E-state index in [0.717, 1.165) is 36.2 Å². The number of rotatable bonds is 9. The number of halogens is 1. The number of amides is 2. The highest BCUT2D eigenvalue weighted by molar-refractivity contribution is 7.99. The number of hydrogen-bond donors (Lipinski definition) is 3. The van der Waals surface area contributed by atoms with Crippen molar-refractivity contribution >= 4 is 23.6 Å². The van der Waals surface area contributed by atoms with Crippen LogP contribution < -0.4 is 15.4 Å². The molecule has 0 unspecified atom stereocenters. The Morgan fingerprint density at radius 1 is 1.11 bits per heavy atom. The van der Waals surface area contributed by atoms with Gasteiger partial charge in [-0.1, -0.05) is 13.8 Å². The number of hydrogen-bond acceptors (Lipinski definition) is 7. The van der Waals surface area contributed by atoms with Gasteiger partial charge in [0.1, 0.15) is 23.2 Å². The molecule has 11 heteroatoms. The first kappa shape index (κ1) is 27.4. The Hall–Kier alpha value is -2.66. The normalized spacial score (nSPS) is 20.6. The average molecular weight is 534 g/mol. The third-order valence-corrected chi connectivity index (χ3v) is 7.89. The second-order valence-electron chi connectivity index (χ2n) is 9.99. The molecule has 1 aliphatic heterocycles. The predicted molar refractivity (Wildman–Crippen MR) is 140 cm³/mol. The molecule has 2 aromatic rings. The van der Waals surface area contributed by atoms with Gasteiger partial charge in [0.05, 0.1) is 25.0 Å². The fraction of sp³-hybridized carbons (Fsp3) is 0.615. The van der Waals surface area contributed by atoms with Crippen molar-refractivity contribution in [3.63, 3.8) is 0 Å². The van der Waals surface area contributed by atoms with Crippen LogP contribution in [0.3, 0.4) is 0 Å². The summed E-state index contributed by atoms with van der Waals surface area (Å²) in [5, 5.41) is 19.9. The number of aliphatic hydroxyl groups excluding tert-OH is 1. The van der Waals surface area contributed by atoms with Crippen LogP contribution >= 0.6 is 11.8 Å². The topological polar surface area (TPSA) is 118 Å². The quantitative estimate of drug-likeness (QED) is 0.453. The summed E-state index contributed by atoms with van der Waals surface area (Å²) < 4.78 is 21.5. The summed E-state index contributed by atoms with van der Waals surface area (Å²) in [7, 11) is 0. The number of ether oxygens (including phenoxy) is 1. The van der Waals surface area contributed by atoms with Gasteiger partial charge in [0, 0.05) is 12.1 Å². The minimum atomic E-state index is -0.579. The van der Waals surface area contributed by atoms with Crippen molar-refractivity contribution in [3.05, 3.63) is 41.1 Å². The fourth-order valence-electron chi connectivity index (χ4n) is 4.71. The number of aliphatic hydroxyl groups is 1. The van der Waals surface area contributed by atoms with Gasteiger partial charge in [-0.25, -0.2) is 9.37 Å². The first-order chi connectivity index (χ1) is 17.8. The molecular weight excluding hydrogens is 497 g/mol. The molecule has 2 aromatic heterocycles. The maximum atomic E-state index is 13.9. The Morgan fingerprint density at radius 3 is 2.38 bits per heavy atom. The summed E-state index contributed by atoms with van der Waals surface area (Å²) in [6, 6.07) is 2.84. The second-order valence-corrected chi connectivity index (χ2v) is 11.2. The van der Waals surface area contributed by atoms with Crippen LogP contribution in [0.5, 0.6) is 5.88 Å². The third kappa shape index (κ3) is 7.22. The van der Waals surface area contributed by atoms with Gasteiger partial charge >= 0.3 is 0 Å². The van der Waals surface area contributed by atoms with Crippen LogP contribution in [-0.4, -0.2) is 68.0 Å². The molecule has 0 aromatic carbocycles. The number of carbonyl (C=O) groups excluding carboxylic acids is 2. The van der Waals surface area contributed by atoms with E-state index in [2.05, 4.69) is 20.7 Å². The molecule has 1 saturated carbocycles. The van der Waals surface area contributed by atoms with Gasteiger partial charge in [0.15, 0.2) is 0 Å². The Labute approximate surface area is 220 Å². The van der Waals surface area contributed by atoms with Gasteiger partial charge in [-0.2, -0.15) is 16.9 Å². The van der Waals surface area contributed by atoms with Crippen molar-refractivity contribution in [2.45, 2.75) is 83.0 Å². The molecule has 1 aliphatic carbocycles. The number of nitrogens with zero attached hydrogens (tertiary/aromatic N) is 3. The van der Waals surface area contributed by atoms with Crippen LogP contribution in [0.15, 0.2) is 18.3 Å². The lowest BCUT2D eigenvalue weighted by Crippen LogP contribution is -2.44. The van der Waals surface area contributed by atoms with Crippen LogP contribution in [0.4, 0.5) is 4.39 Å². The Morgan fingerprint density at radius 2 is 1.76 bits per heavy atom. The second kappa shape index (κ2) is 12.7. The van der Waals surface area contributed by atoms with Crippen LogP contribution in [-0.2, 0) is 6.54 Å². The lowest BCUT2D eigenvalue weighted by atomic mass is 9.91.